The fourth-order valence-electron chi connectivity index (χ4n) is 5.86. The second-order valence-corrected chi connectivity index (χ2v) is 11.5. The minimum absolute atomic E-state index is 0.0621. The largest absolute Gasteiger partial charge is 0.416 e. The van der Waals surface area contributed by atoms with Gasteiger partial charge in [0.2, 0.25) is 18.3 Å². The molecule has 1 N–H and O–H groups in total. The van der Waals surface area contributed by atoms with Gasteiger partial charge in [-0.1, -0.05) is 24.3 Å². The fraction of sp³-hybridized carbons (Fsp3) is 0.438. The number of piperidine rings is 1. The molecule has 0 radical (unpaired) electrons. The second kappa shape index (κ2) is 13.2. The zero-order valence-electron chi connectivity index (χ0n) is 24.9. The van der Waals surface area contributed by atoms with Crippen molar-refractivity contribution in [2.24, 2.45) is 0 Å². The average Bonchev–Trinajstić information content (AvgIpc) is 3.01. The van der Waals surface area contributed by atoms with Crippen molar-refractivity contribution in [2.75, 3.05) is 49.1 Å². The fourth-order valence-corrected chi connectivity index (χ4v) is 5.86. The number of aliphatic hydroxyl groups is 1. The van der Waals surface area contributed by atoms with Crippen molar-refractivity contribution in [1.82, 2.24) is 19.8 Å². The average molecular weight is 611 g/mol. The number of hydrogen-bond acceptors (Lipinski definition) is 7. The Morgan fingerprint density at radius 1 is 1.05 bits per heavy atom. The molecule has 2 aromatic carbocycles. The lowest BCUT2D eigenvalue weighted by Crippen LogP contribution is -2.56. The number of carbonyl (C=O) groups excluding carboxylic acids is 2. The Kier molecular flexibility index (Phi) is 9.38. The van der Waals surface area contributed by atoms with E-state index in [2.05, 4.69) is 9.97 Å². The first kappa shape index (κ1) is 31.2. The number of aryl methyl sites for hydroxylation is 1. The molecule has 0 saturated carbocycles. The molecule has 1 unspecified atom stereocenters. The maximum atomic E-state index is 13.7. The molecule has 2 saturated heterocycles. The number of aliphatic hydroxyl groups excluding tert-OH is 1. The minimum Gasteiger partial charge on any atom is -0.393 e. The molecular formula is C32H37F3N6O3. The first-order valence-electron chi connectivity index (χ1n) is 14.8. The van der Waals surface area contributed by atoms with E-state index >= 15 is 0 Å². The summed E-state index contributed by atoms with van der Waals surface area (Å²) in [6.45, 7) is 6.48. The third-order valence-electron chi connectivity index (χ3n) is 8.43. The monoisotopic (exact) mass is 610 g/mol. The van der Waals surface area contributed by atoms with Gasteiger partial charge in [0, 0.05) is 74.5 Å². The Bertz CT molecular complexity index is 1460. The van der Waals surface area contributed by atoms with Crippen LogP contribution in [0.4, 0.5) is 24.8 Å². The summed E-state index contributed by atoms with van der Waals surface area (Å²) in [6.07, 6.45) is 0.103. The molecule has 1 aromatic heterocycles. The van der Waals surface area contributed by atoms with Crippen molar-refractivity contribution in [1.29, 1.82) is 0 Å². The highest BCUT2D eigenvalue weighted by atomic mass is 19.4. The van der Waals surface area contributed by atoms with Crippen molar-refractivity contribution in [3.05, 3.63) is 71.5 Å². The molecule has 2 aliphatic rings. The lowest BCUT2D eigenvalue weighted by atomic mass is 10.0. The van der Waals surface area contributed by atoms with Crippen LogP contribution in [0.1, 0.15) is 36.5 Å². The van der Waals surface area contributed by atoms with Gasteiger partial charge in [-0.25, -0.2) is 9.97 Å². The van der Waals surface area contributed by atoms with Crippen molar-refractivity contribution >= 4 is 24.0 Å². The summed E-state index contributed by atoms with van der Waals surface area (Å²) >= 11 is 0. The van der Waals surface area contributed by atoms with Gasteiger partial charge in [0.05, 0.1) is 18.2 Å². The van der Waals surface area contributed by atoms with Crippen LogP contribution in [-0.2, 0) is 22.3 Å². The quantitative estimate of drug-likeness (QED) is 0.384. The number of amides is 2. The maximum Gasteiger partial charge on any atom is 0.416 e. The molecule has 234 valence electrons. The standard InChI is InChI=1S/C32H37F3N6O3/c1-22-5-3-4-6-24(22)19-38(21-42)20-30(44)41-14-13-40(18-23(41)2)29-8-7-26(32(33,34)35)15-28(29)25-16-36-31(37-17-25)39-11-9-27(43)10-12-39/h3-8,15-17,21,23,27,43H,9-14,18-20H2,1-2H3. The van der Waals surface area contributed by atoms with Crippen molar-refractivity contribution in [2.45, 2.75) is 51.6 Å². The first-order valence-corrected chi connectivity index (χ1v) is 14.8. The number of carbonyl (C=O) groups is 2. The number of anilines is 2. The molecule has 0 spiro atoms. The molecule has 1 atom stereocenters. The molecule has 5 rings (SSSR count). The zero-order valence-corrected chi connectivity index (χ0v) is 24.9. The van der Waals surface area contributed by atoms with Crippen LogP contribution in [-0.4, -0.2) is 88.6 Å². The summed E-state index contributed by atoms with van der Waals surface area (Å²) < 4.78 is 41.2. The molecule has 2 aliphatic heterocycles. The van der Waals surface area contributed by atoms with Gasteiger partial charge in [0.1, 0.15) is 0 Å². The van der Waals surface area contributed by atoms with Crippen LogP contribution in [0.15, 0.2) is 54.9 Å². The predicted molar refractivity (Wildman–Crippen MR) is 161 cm³/mol. The van der Waals surface area contributed by atoms with Crippen molar-refractivity contribution in [3.8, 4) is 11.1 Å². The molecule has 0 bridgehead atoms. The van der Waals surface area contributed by atoms with Gasteiger partial charge >= 0.3 is 6.18 Å². The number of aromatic nitrogens is 2. The number of piperazine rings is 1. The number of benzene rings is 2. The normalized spacial score (nSPS) is 18.0. The summed E-state index contributed by atoms with van der Waals surface area (Å²) in [5, 5.41) is 9.79. The third kappa shape index (κ3) is 7.12. The van der Waals surface area contributed by atoms with Crippen LogP contribution in [0.2, 0.25) is 0 Å². The smallest absolute Gasteiger partial charge is 0.393 e. The van der Waals surface area contributed by atoms with Gasteiger partial charge in [-0.15, -0.1) is 0 Å². The lowest BCUT2D eigenvalue weighted by molar-refractivity contribution is -0.138. The molecule has 9 nitrogen and oxygen atoms in total. The molecule has 3 aromatic rings. The summed E-state index contributed by atoms with van der Waals surface area (Å²) in [5.41, 5.74) is 2.64. The highest BCUT2D eigenvalue weighted by molar-refractivity contribution is 5.82. The summed E-state index contributed by atoms with van der Waals surface area (Å²) in [7, 11) is 0. The Balaban J connectivity index is 1.32. The molecule has 3 heterocycles. The van der Waals surface area contributed by atoms with E-state index in [-0.39, 0.29) is 24.6 Å². The highest BCUT2D eigenvalue weighted by Crippen LogP contribution is 2.38. The third-order valence-corrected chi connectivity index (χ3v) is 8.43. The van der Waals surface area contributed by atoms with E-state index in [0.717, 1.165) is 23.3 Å². The van der Waals surface area contributed by atoms with Gasteiger partial charge in [-0.05, 0) is 56.0 Å². The predicted octanol–water partition coefficient (Wildman–Crippen LogP) is 4.13. The number of hydrogen-bond donors (Lipinski definition) is 1. The van der Waals surface area contributed by atoms with Crippen LogP contribution >= 0.6 is 0 Å². The van der Waals surface area contributed by atoms with Gasteiger partial charge in [0.15, 0.2) is 0 Å². The highest BCUT2D eigenvalue weighted by Gasteiger charge is 2.34. The van der Waals surface area contributed by atoms with E-state index in [1.807, 2.05) is 47.9 Å². The van der Waals surface area contributed by atoms with E-state index in [1.54, 1.807) is 4.90 Å². The van der Waals surface area contributed by atoms with Gasteiger partial charge in [-0.2, -0.15) is 13.2 Å². The number of nitrogens with zero attached hydrogens (tertiary/aromatic N) is 6. The minimum atomic E-state index is -4.52. The Labute approximate surface area is 254 Å². The van der Waals surface area contributed by atoms with Crippen LogP contribution in [0.3, 0.4) is 0 Å². The molecule has 44 heavy (non-hydrogen) atoms. The molecule has 2 fully saturated rings. The topological polar surface area (TPSA) is 93.1 Å². The molecule has 0 aliphatic carbocycles. The van der Waals surface area contributed by atoms with Crippen LogP contribution in [0.5, 0.6) is 0 Å². The molecule has 2 amide bonds. The Hall–Kier alpha value is -4.19. The Morgan fingerprint density at radius 2 is 1.75 bits per heavy atom. The summed E-state index contributed by atoms with van der Waals surface area (Å²) in [5.74, 6) is 0.293. The zero-order chi connectivity index (χ0) is 31.4. The molecular weight excluding hydrogens is 573 g/mol. The number of alkyl halides is 3. The number of rotatable bonds is 8. The van der Waals surface area contributed by atoms with Gasteiger partial charge in [0.25, 0.3) is 0 Å². The van der Waals surface area contributed by atoms with Crippen LogP contribution < -0.4 is 9.80 Å². The Morgan fingerprint density at radius 3 is 2.39 bits per heavy atom. The molecule has 12 heteroatoms. The summed E-state index contributed by atoms with van der Waals surface area (Å²) in [6, 6.07) is 11.1. The van der Waals surface area contributed by atoms with E-state index in [1.165, 1.54) is 23.4 Å². The van der Waals surface area contributed by atoms with Crippen LogP contribution in [0, 0.1) is 6.92 Å². The van der Waals surface area contributed by atoms with E-state index in [9.17, 15) is 27.9 Å². The van der Waals surface area contributed by atoms with Crippen molar-refractivity contribution in [3.63, 3.8) is 0 Å². The van der Waals surface area contributed by atoms with E-state index in [4.69, 9.17) is 0 Å². The summed E-state index contributed by atoms with van der Waals surface area (Å²) in [4.78, 5) is 41.1. The van der Waals surface area contributed by atoms with Crippen LogP contribution in [0.25, 0.3) is 11.1 Å². The van der Waals surface area contributed by atoms with Crippen molar-refractivity contribution < 1.29 is 27.9 Å². The number of halogens is 3. The van der Waals surface area contributed by atoms with Gasteiger partial charge < -0.3 is 24.7 Å². The first-order chi connectivity index (χ1) is 21.0. The van der Waals surface area contributed by atoms with E-state index in [0.29, 0.717) is 81.3 Å². The lowest BCUT2D eigenvalue weighted by Gasteiger charge is -2.42. The van der Waals surface area contributed by atoms with E-state index < -0.39 is 11.7 Å². The van der Waals surface area contributed by atoms with Gasteiger partial charge in [-0.3, -0.25) is 9.59 Å². The SMILES string of the molecule is Cc1ccccc1CN(C=O)CC(=O)N1CCN(c2ccc(C(F)(F)F)cc2-c2cnc(N3CCC(O)CC3)nc2)CC1C. The maximum absolute atomic E-state index is 13.7. The second-order valence-electron chi connectivity index (χ2n) is 11.5.